The van der Waals surface area contributed by atoms with Crippen molar-refractivity contribution >= 4 is 28.9 Å². The lowest BCUT2D eigenvalue weighted by atomic mass is 10.2. The van der Waals surface area contributed by atoms with Gasteiger partial charge in [0.1, 0.15) is 5.75 Å². The molecule has 0 atom stereocenters. The number of amides is 1. The third-order valence-corrected chi connectivity index (χ3v) is 4.75. The molecule has 0 aliphatic heterocycles. The molecule has 0 saturated heterocycles. The van der Waals surface area contributed by atoms with Crippen molar-refractivity contribution in [3.8, 4) is 5.75 Å². The van der Waals surface area contributed by atoms with E-state index in [1.165, 1.54) is 17.4 Å². The van der Waals surface area contributed by atoms with Gasteiger partial charge in [0.05, 0.1) is 25.9 Å². The Morgan fingerprint density at radius 3 is 2.69 bits per heavy atom. The lowest BCUT2D eigenvalue weighted by Gasteiger charge is -2.12. The molecule has 0 fully saturated rings. The molecule has 1 aromatic heterocycles. The zero-order valence-corrected chi connectivity index (χ0v) is 16.5. The molecule has 2 rings (SSSR count). The predicted molar refractivity (Wildman–Crippen MR) is 108 cm³/mol. The number of aliphatic imine (C=N–C) groups is 1. The normalized spacial score (nSPS) is 11.2. The highest BCUT2D eigenvalue weighted by Gasteiger charge is 2.07. The van der Waals surface area contributed by atoms with E-state index >= 15 is 0 Å². The van der Waals surface area contributed by atoms with Crippen LogP contribution >= 0.6 is 11.3 Å². The van der Waals surface area contributed by atoms with Crippen molar-refractivity contribution in [3.05, 3.63) is 45.6 Å². The Hall–Kier alpha value is -2.54. The quantitative estimate of drug-likeness (QED) is 0.514. The van der Waals surface area contributed by atoms with Crippen LogP contribution in [0.4, 0.5) is 5.69 Å². The molecule has 0 saturated carbocycles. The molecular weight excluding hydrogens is 348 g/mol. The van der Waals surface area contributed by atoms with E-state index in [0.717, 1.165) is 24.6 Å². The van der Waals surface area contributed by atoms with Crippen LogP contribution in [0.2, 0.25) is 0 Å². The van der Waals surface area contributed by atoms with Gasteiger partial charge in [-0.15, -0.1) is 11.3 Å². The molecule has 140 valence electrons. The van der Waals surface area contributed by atoms with Crippen molar-refractivity contribution in [3.63, 3.8) is 0 Å². The van der Waals surface area contributed by atoms with Crippen molar-refractivity contribution in [2.75, 3.05) is 19.0 Å². The highest BCUT2D eigenvalue weighted by molar-refractivity contribution is 7.10. The summed E-state index contributed by atoms with van der Waals surface area (Å²) in [6.45, 7) is 7.65. The maximum atomic E-state index is 11.4. The van der Waals surface area contributed by atoms with Crippen LogP contribution < -0.4 is 20.7 Å². The van der Waals surface area contributed by atoms with Crippen molar-refractivity contribution in [1.82, 2.24) is 10.6 Å². The zero-order chi connectivity index (χ0) is 18.9. The van der Waals surface area contributed by atoms with Gasteiger partial charge in [0.25, 0.3) is 0 Å². The number of nitrogens with one attached hydrogen (secondary N) is 3. The molecular formula is C19H26N4O2S. The Morgan fingerprint density at radius 2 is 2.08 bits per heavy atom. The summed E-state index contributed by atoms with van der Waals surface area (Å²) in [4.78, 5) is 17.3. The van der Waals surface area contributed by atoms with Gasteiger partial charge in [-0.25, -0.2) is 4.99 Å². The summed E-state index contributed by atoms with van der Waals surface area (Å²) in [5.41, 5.74) is 2.92. The van der Waals surface area contributed by atoms with E-state index in [2.05, 4.69) is 39.3 Å². The molecule has 0 aliphatic rings. The first-order valence-corrected chi connectivity index (χ1v) is 9.41. The Morgan fingerprint density at radius 1 is 1.27 bits per heavy atom. The Labute approximate surface area is 158 Å². The molecule has 0 unspecified atom stereocenters. The van der Waals surface area contributed by atoms with E-state index in [9.17, 15) is 4.79 Å². The minimum atomic E-state index is -0.134. The van der Waals surface area contributed by atoms with Crippen molar-refractivity contribution in [2.45, 2.75) is 33.9 Å². The van der Waals surface area contributed by atoms with Gasteiger partial charge in [0, 0.05) is 18.3 Å². The van der Waals surface area contributed by atoms with Crippen LogP contribution in [0.5, 0.6) is 5.75 Å². The number of carbonyl (C=O) groups excluding carboxylic acids is 1. The molecule has 26 heavy (non-hydrogen) atoms. The van der Waals surface area contributed by atoms with Crippen LogP contribution in [-0.4, -0.2) is 25.5 Å². The number of hydrogen-bond acceptors (Lipinski definition) is 4. The molecule has 7 heteroatoms. The molecule has 1 amide bonds. The number of hydrogen-bond donors (Lipinski definition) is 3. The van der Waals surface area contributed by atoms with Crippen molar-refractivity contribution in [1.29, 1.82) is 0 Å². The maximum Gasteiger partial charge on any atom is 0.221 e. The number of nitrogens with zero attached hydrogens (tertiary/aromatic N) is 1. The fourth-order valence-electron chi connectivity index (χ4n) is 2.40. The Bertz CT molecular complexity index is 771. The first-order chi connectivity index (χ1) is 12.5. The lowest BCUT2D eigenvalue weighted by Crippen LogP contribution is -2.36. The number of rotatable bonds is 7. The SMILES string of the molecule is CCNC(=NCc1ccc(OC)c(NC(C)=O)c1)NCc1sccc1C. The van der Waals surface area contributed by atoms with E-state index in [1.54, 1.807) is 18.4 Å². The predicted octanol–water partition coefficient (Wildman–Crippen LogP) is 3.28. The average Bonchev–Trinajstić information content (AvgIpc) is 3.02. The summed E-state index contributed by atoms with van der Waals surface area (Å²) >= 11 is 1.74. The third kappa shape index (κ3) is 5.77. The van der Waals surface area contributed by atoms with Gasteiger partial charge in [-0.1, -0.05) is 6.07 Å². The highest BCUT2D eigenvalue weighted by Crippen LogP contribution is 2.25. The summed E-state index contributed by atoms with van der Waals surface area (Å²) in [5, 5.41) is 11.5. The number of benzene rings is 1. The molecule has 2 aromatic rings. The third-order valence-electron chi connectivity index (χ3n) is 3.72. The van der Waals surface area contributed by atoms with Crippen LogP contribution in [0.1, 0.15) is 29.9 Å². The molecule has 6 nitrogen and oxygen atoms in total. The number of aryl methyl sites for hydroxylation is 1. The van der Waals surface area contributed by atoms with Gasteiger partial charge in [-0.3, -0.25) is 4.79 Å². The molecule has 0 radical (unpaired) electrons. The van der Waals surface area contributed by atoms with Crippen molar-refractivity contribution < 1.29 is 9.53 Å². The highest BCUT2D eigenvalue weighted by atomic mass is 32.1. The number of ether oxygens (including phenoxy) is 1. The number of anilines is 1. The summed E-state index contributed by atoms with van der Waals surface area (Å²) < 4.78 is 5.28. The number of thiophene rings is 1. The second kappa shape index (κ2) is 9.82. The average molecular weight is 375 g/mol. The van der Waals surface area contributed by atoms with Crippen LogP contribution in [-0.2, 0) is 17.9 Å². The van der Waals surface area contributed by atoms with E-state index in [0.29, 0.717) is 18.0 Å². The second-order valence-electron chi connectivity index (χ2n) is 5.79. The minimum Gasteiger partial charge on any atom is -0.495 e. The van der Waals surface area contributed by atoms with Gasteiger partial charge >= 0.3 is 0 Å². The fourth-order valence-corrected chi connectivity index (χ4v) is 3.25. The van der Waals surface area contributed by atoms with Gasteiger partial charge in [-0.2, -0.15) is 0 Å². The molecule has 1 heterocycles. The van der Waals surface area contributed by atoms with E-state index in [-0.39, 0.29) is 5.91 Å². The largest absolute Gasteiger partial charge is 0.495 e. The summed E-state index contributed by atoms with van der Waals surface area (Å²) in [6.07, 6.45) is 0. The monoisotopic (exact) mass is 374 g/mol. The molecule has 0 aliphatic carbocycles. The minimum absolute atomic E-state index is 0.134. The lowest BCUT2D eigenvalue weighted by molar-refractivity contribution is -0.114. The Balaban J connectivity index is 2.08. The van der Waals surface area contributed by atoms with E-state index in [4.69, 9.17) is 4.74 Å². The Kier molecular flexibility index (Phi) is 7.47. The smallest absolute Gasteiger partial charge is 0.221 e. The number of carbonyl (C=O) groups is 1. The van der Waals surface area contributed by atoms with Gasteiger partial charge in [0.2, 0.25) is 5.91 Å². The summed E-state index contributed by atoms with van der Waals surface area (Å²) in [5.74, 6) is 1.26. The van der Waals surface area contributed by atoms with Gasteiger partial charge in [-0.05, 0) is 48.6 Å². The fraction of sp³-hybridized carbons (Fsp3) is 0.368. The summed E-state index contributed by atoms with van der Waals surface area (Å²) in [6, 6.07) is 7.79. The van der Waals surface area contributed by atoms with Crippen molar-refractivity contribution in [2.24, 2.45) is 4.99 Å². The molecule has 0 bridgehead atoms. The maximum absolute atomic E-state index is 11.4. The first kappa shape index (κ1) is 19.8. The second-order valence-corrected chi connectivity index (χ2v) is 6.79. The first-order valence-electron chi connectivity index (χ1n) is 8.53. The molecule has 0 spiro atoms. The van der Waals surface area contributed by atoms with Crippen LogP contribution in [0, 0.1) is 6.92 Å². The van der Waals surface area contributed by atoms with E-state index < -0.39 is 0 Å². The topological polar surface area (TPSA) is 74.8 Å². The van der Waals surface area contributed by atoms with Crippen LogP contribution in [0.3, 0.4) is 0 Å². The van der Waals surface area contributed by atoms with Crippen LogP contribution in [0.25, 0.3) is 0 Å². The molecule has 3 N–H and O–H groups in total. The standard InChI is InChI=1S/C19H26N4O2S/c1-5-20-19(22-12-18-13(2)8-9-26-18)21-11-15-6-7-17(25-4)16(10-15)23-14(3)24/h6-10H,5,11-12H2,1-4H3,(H,23,24)(H2,20,21,22). The zero-order valence-electron chi connectivity index (χ0n) is 15.7. The van der Waals surface area contributed by atoms with Crippen LogP contribution in [0.15, 0.2) is 34.6 Å². The number of guanidine groups is 1. The molecule has 1 aromatic carbocycles. The van der Waals surface area contributed by atoms with Gasteiger partial charge < -0.3 is 20.7 Å². The van der Waals surface area contributed by atoms with E-state index in [1.807, 2.05) is 25.1 Å². The summed E-state index contributed by atoms with van der Waals surface area (Å²) in [7, 11) is 1.58. The number of methoxy groups -OCH3 is 1. The van der Waals surface area contributed by atoms with Gasteiger partial charge in [0.15, 0.2) is 5.96 Å².